The van der Waals surface area contributed by atoms with Crippen LogP contribution in [0.4, 0.5) is 0 Å². The summed E-state index contributed by atoms with van der Waals surface area (Å²) in [6, 6.07) is 20.2. The van der Waals surface area contributed by atoms with Gasteiger partial charge in [-0.1, -0.05) is 54.2 Å². The second-order valence-electron chi connectivity index (χ2n) is 7.83. The van der Waals surface area contributed by atoms with Gasteiger partial charge in [0.1, 0.15) is 11.1 Å². The maximum atomic E-state index is 12.7. The Bertz CT molecular complexity index is 1200. The van der Waals surface area contributed by atoms with Crippen molar-refractivity contribution in [1.82, 2.24) is 9.88 Å². The van der Waals surface area contributed by atoms with E-state index < -0.39 is 5.97 Å². The zero-order valence-corrected chi connectivity index (χ0v) is 18.8. The summed E-state index contributed by atoms with van der Waals surface area (Å²) in [4.78, 5) is 30.6. The van der Waals surface area contributed by atoms with Crippen molar-refractivity contribution in [3.63, 3.8) is 0 Å². The van der Waals surface area contributed by atoms with E-state index in [1.54, 1.807) is 12.1 Å². The molecular formula is C26H23N3O3S. The number of carbonyl (C=O) groups is 2. The molecule has 0 atom stereocenters. The normalized spacial score (nSPS) is 13.4. The SMILES string of the molecule is N#Cc1c(-c2ccc(C(=O)O)cc2)cc(-c2ccccc2)nc1SCC(=O)N1CCCCC1. The Morgan fingerprint density at radius 2 is 1.70 bits per heavy atom. The molecule has 0 aliphatic carbocycles. The fraction of sp³-hybridized carbons (Fsp3) is 0.231. The lowest BCUT2D eigenvalue weighted by atomic mass is 9.98. The Morgan fingerprint density at radius 1 is 1.00 bits per heavy atom. The topological polar surface area (TPSA) is 94.3 Å². The number of amides is 1. The summed E-state index contributed by atoms with van der Waals surface area (Å²) in [5.41, 5.74) is 3.54. The third-order valence-electron chi connectivity index (χ3n) is 5.65. The third kappa shape index (κ3) is 5.24. The molecule has 1 amide bonds. The number of carboxylic acid groups (broad SMARTS) is 1. The molecule has 1 aliphatic rings. The summed E-state index contributed by atoms with van der Waals surface area (Å²) in [5.74, 6) is -0.728. The van der Waals surface area contributed by atoms with Gasteiger partial charge in [0.15, 0.2) is 0 Å². The lowest BCUT2D eigenvalue weighted by molar-refractivity contribution is -0.129. The Kier molecular flexibility index (Phi) is 7.06. The second-order valence-corrected chi connectivity index (χ2v) is 8.79. The van der Waals surface area contributed by atoms with Gasteiger partial charge in [0, 0.05) is 24.2 Å². The molecule has 0 radical (unpaired) electrons. The predicted molar refractivity (Wildman–Crippen MR) is 128 cm³/mol. The highest BCUT2D eigenvalue weighted by atomic mass is 32.2. The average molecular weight is 458 g/mol. The summed E-state index contributed by atoms with van der Waals surface area (Å²) in [6.07, 6.45) is 3.20. The highest BCUT2D eigenvalue weighted by molar-refractivity contribution is 8.00. The van der Waals surface area contributed by atoms with Crippen molar-refractivity contribution in [3.8, 4) is 28.5 Å². The molecule has 2 aromatic carbocycles. The number of carbonyl (C=O) groups excluding carboxylic acids is 1. The molecule has 0 saturated carbocycles. The second kappa shape index (κ2) is 10.3. The van der Waals surface area contributed by atoms with E-state index in [1.807, 2.05) is 41.3 Å². The molecule has 7 heteroatoms. The van der Waals surface area contributed by atoms with E-state index in [0.29, 0.717) is 21.8 Å². The molecule has 4 rings (SSSR count). The van der Waals surface area contributed by atoms with Gasteiger partial charge in [0.25, 0.3) is 0 Å². The zero-order valence-electron chi connectivity index (χ0n) is 18.0. The minimum Gasteiger partial charge on any atom is -0.478 e. The lowest BCUT2D eigenvalue weighted by Crippen LogP contribution is -2.36. The molecular weight excluding hydrogens is 434 g/mol. The minimum atomic E-state index is -1.01. The number of benzene rings is 2. The molecule has 1 aliphatic heterocycles. The number of rotatable bonds is 6. The summed E-state index contributed by atoms with van der Waals surface area (Å²) in [7, 11) is 0. The van der Waals surface area contributed by atoms with E-state index in [-0.39, 0.29) is 17.2 Å². The molecule has 2 heterocycles. The Hall–Kier alpha value is -3.63. The van der Waals surface area contributed by atoms with Gasteiger partial charge in [-0.3, -0.25) is 4.79 Å². The van der Waals surface area contributed by atoms with Gasteiger partial charge >= 0.3 is 5.97 Å². The van der Waals surface area contributed by atoms with Crippen LogP contribution in [-0.4, -0.2) is 45.7 Å². The highest BCUT2D eigenvalue weighted by Crippen LogP contribution is 2.34. The van der Waals surface area contributed by atoms with Crippen molar-refractivity contribution >= 4 is 23.6 Å². The van der Waals surface area contributed by atoms with Gasteiger partial charge in [-0.25, -0.2) is 9.78 Å². The first-order valence-corrected chi connectivity index (χ1v) is 11.8. The molecule has 1 aromatic heterocycles. The number of piperidine rings is 1. The molecule has 3 aromatic rings. The summed E-state index contributed by atoms with van der Waals surface area (Å²) in [5, 5.41) is 19.7. The molecule has 1 saturated heterocycles. The van der Waals surface area contributed by atoms with Crippen molar-refractivity contribution in [3.05, 3.63) is 71.8 Å². The van der Waals surface area contributed by atoms with Crippen molar-refractivity contribution in [2.24, 2.45) is 0 Å². The summed E-state index contributed by atoms with van der Waals surface area (Å²) in [6.45, 7) is 1.56. The highest BCUT2D eigenvalue weighted by Gasteiger charge is 2.20. The minimum absolute atomic E-state index is 0.0582. The van der Waals surface area contributed by atoms with Gasteiger partial charge in [-0.15, -0.1) is 0 Å². The number of carboxylic acids is 1. The van der Waals surface area contributed by atoms with Crippen LogP contribution >= 0.6 is 11.8 Å². The van der Waals surface area contributed by atoms with E-state index >= 15 is 0 Å². The standard InChI is InChI=1S/C26H23N3O3S/c27-16-22-21(18-9-11-20(12-10-18)26(31)32)15-23(19-7-3-1-4-8-19)28-25(22)33-17-24(30)29-13-5-2-6-14-29/h1,3-4,7-12,15H,2,5-6,13-14,17H2,(H,31,32). The number of pyridine rings is 1. The number of nitrogens with zero attached hydrogens (tertiary/aromatic N) is 3. The number of hydrogen-bond acceptors (Lipinski definition) is 5. The zero-order chi connectivity index (χ0) is 23.2. The fourth-order valence-corrected chi connectivity index (χ4v) is 4.78. The van der Waals surface area contributed by atoms with Crippen LogP contribution in [0.15, 0.2) is 65.7 Å². The van der Waals surface area contributed by atoms with Crippen LogP contribution in [0, 0.1) is 11.3 Å². The number of aromatic carboxylic acids is 1. The van der Waals surface area contributed by atoms with Gasteiger partial charge in [0.2, 0.25) is 5.91 Å². The van der Waals surface area contributed by atoms with Crippen LogP contribution in [0.1, 0.15) is 35.2 Å². The molecule has 0 spiro atoms. The maximum absolute atomic E-state index is 12.7. The van der Waals surface area contributed by atoms with Gasteiger partial charge in [-0.05, 0) is 43.0 Å². The van der Waals surface area contributed by atoms with Crippen LogP contribution in [0.25, 0.3) is 22.4 Å². The molecule has 166 valence electrons. The summed E-state index contributed by atoms with van der Waals surface area (Å²) < 4.78 is 0. The number of nitriles is 1. The Labute approximate surface area is 196 Å². The molecule has 6 nitrogen and oxygen atoms in total. The van der Waals surface area contributed by atoms with Crippen molar-refractivity contribution < 1.29 is 14.7 Å². The van der Waals surface area contributed by atoms with Crippen LogP contribution in [0.2, 0.25) is 0 Å². The number of hydrogen-bond donors (Lipinski definition) is 1. The van der Waals surface area contributed by atoms with Crippen LogP contribution in [-0.2, 0) is 4.79 Å². The average Bonchev–Trinajstić information content (AvgIpc) is 2.87. The van der Waals surface area contributed by atoms with Crippen LogP contribution in [0.5, 0.6) is 0 Å². The van der Waals surface area contributed by atoms with E-state index in [4.69, 9.17) is 4.98 Å². The quantitative estimate of drug-likeness (QED) is 0.518. The van der Waals surface area contributed by atoms with E-state index in [9.17, 15) is 20.0 Å². The van der Waals surface area contributed by atoms with Crippen molar-refractivity contribution in [1.29, 1.82) is 5.26 Å². The van der Waals surface area contributed by atoms with Gasteiger partial charge in [0.05, 0.1) is 22.6 Å². The smallest absolute Gasteiger partial charge is 0.335 e. The third-order valence-corrected chi connectivity index (χ3v) is 6.61. The Morgan fingerprint density at radius 3 is 2.33 bits per heavy atom. The largest absolute Gasteiger partial charge is 0.478 e. The summed E-state index contributed by atoms with van der Waals surface area (Å²) >= 11 is 1.28. The van der Waals surface area contributed by atoms with Crippen molar-refractivity contribution in [2.45, 2.75) is 24.3 Å². The molecule has 33 heavy (non-hydrogen) atoms. The van der Waals surface area contributed by atoms with E-state index in [0.717, 1.165) is 43.5 Å². The molecule has 0 unspecified atom stereocenters. The fourth-order valence-electron chi connectivity index (χ4n) is 3.88. The van der Waals surface area contributed by atoms with Crippen LogP contribution in [0.3, 0.4) is 0 Å². The van der Waals surface area contributed by atoms with E-state index in [1.165, 1.54) is 23.9 Å². The predicted octanol–water partition coefficient (Wildman–Crippen LogP) is 5.09. The lowest BCUT2D eigenvalue weighted by Gasteiger charge is -2.26. The first-order valence-electron chi connectivity index (χ1n) is 10.8. The first-order chi connectivity index (χ1) is 16.1. The van der Waals surface area contributed by atoms with Crippen LogP contribution < -0.4 is 0 Å². The number of likely N-dealkylation sites (tertiary alicyclic amines) is 1. The molecule has 1 N–H and O–H groups in total. The molecule has 1 fully saturated rings. The number of aromatic nitrogens is 1. The van der Waals surface area contributed by atoms with E-state index in [2.05, 4.69) is 6.07 Å². The maximum Gasteiger partial charge on any atom is 0.335 e. The molecule has 0 bridgehead atoms. The Balaban J connectivity index is 1.72. The van der Waals surface area contributed by atoms with Crippen molar-refractivity contribution in [2.75, 3.05) is 18.8 Å². The monoisotopic (exact) mass is 457 g/mol. The number of thioether (sulfide) groups is 1. The van der Waals surface area contributed by atoms with Gasteiger partial charge < -0.3 is 10.0 Å². The van der Waals surface area contributed by atoms with Gasteiger partial charge in [-0.2, -0.15) is 5.26 Å². The first kappa shape index (κ1) is 22.6.